The van der Waals surface area contributed by atoms with Crippen molar-refractivity contribution in [3.05, 3.63) is 165 Å². The number of aromatic nitrogens is 4. The fourth-order valence-electron chi connectivity index (χ4n) is 6.82. The van der Waals surface area contributed by atoms with Gasteiger partial charge in [-0.2, -0.15) is 0 Å². The normalized spacial score (nSPS) is 12.0. The molecule has 6 aromatic carbocycles. The minimum atomic E-state index is 0.539. The molecule has 3 aromatic heterocycles. The molecule has 0 radical (unpaired) electrons. The van der Waals surface area contributed by atoms with Gasteiger partial charge in [0.2, 0.25) is 0 Å². The molecule has 5 heteroatoms. The van der Waals surface area contributed by atoms with E-state index in [9.17, 15) is 0 Å². The number of hydrogen-bond donors (Lipinski definition) is 0. The second-order valence-electron chi connectivity index (χ2n) is 11.9. The Morgan fingerprint density at radius 2 is 1.16 bits per heavy atom. The van der Waals surface area contributed by atoms with Crippen LogP contribution in [0, 0.1) is 0 Å². The third kappa shape index (κ3) is 4.74. The van der Waals surface area contributed by atoms with Gasteiger partial charge in [0, 0.05) is 64.0 Å². The van der Waals surface area contributed by atoms with Crippen molar-refractivity contribution in [2.24, 2.45) is 0 Å². The highest BCUT2D eigenvalue weighted by atomic mass is 32.1. The number of allylic oxidation sites excluding steroid dienone is 4. The van der Waals surface area contributed by atoms with Crippen LogP contribution in [0.15, 0.2) is 159 Å². The summed E-state index contributed by atoms with van der Waals surface area (Å²) in [5.74, 6) is 1.71. The van der Waals surface area contributed by atoms with E-state index in [4.69, 9.17) is 19.9 Å². The zero-order valence-electron chi connectivity index (χ0n) is 26.5. The Balaban J connectivity index is 1.32. The lowest BCUT2D eigenvalue weighted by Gasteiger charge is -2.14. The summed E-state index contributed by atoms with van der Waals surface area (Å²) in [6.45, 7) is 7.87. The molecular formula is C44H28N4S. The molecule has 9 aromatic rings. The third-order valence-corrected chi connectivity index (χ3v) is 10.2. The Kier molecular flexibility index (Phi) is 6.92. The Hall–Kier alpha value is -6.30. The SMILES string of the molecule is C=C/C=C(\C=C)c1nc(-c2ccccc2)nc(-c2cccc(-c3nc4c5ccccc5c5sc6ccccc6c5c4c4ccccc34)c2)n1. The predicted octanol–water partition coefficient (Wildman–Crippen LogP) is 11.9. The Bertz CT molecular complexity index is 2810. The maximum Gasteiger partial charge on any atom is 0.164 e. The average molecular weight is 645 g/mol. The fraction of sp³-hybridized carbons (Fsp3) is 0. The molecule has 4 nitrogen and oxygen atoms in total. The van der Waals surface area contributed by atoms with Gasteiger partial charge in [0.15, 0.2) is 17.5 Å². The van der Waals surface area contributed by atoms with Crippen LogP contribution < -0.4 is 0 Å². The molecule has 0 bridgehead atoms. The topological polar surface area (TPSA) is 51.6 Å². The van der Waals surface area contributed by atoms with E-state index in [0.29, 0.717) is 17.5 Å². The summed E-state index contributed by atoms with van der Waals surface area (Å²) in [4.78, 5) is 20.3. The first-order valence-corrected chi connectivity index (χ1v) is 17.0. The van der Waals surface area contributed by atoms with Gasteiger partial charge in [-0.3, -0.25) is 0 Å². The molecule has 0 atom stereocenters. The van der Waals surface area contributed by atoms with Gasteiger partial charge in [0.05, 0.1) is 11.2 Å². The van der Waals surface area contributed by atoms with Gasteiger partial charge in [-0.05, 0) is 17.5 Å². The average Bonchev–Trinajstić information content (AvgIpc) is 3.56. The number of fused-ring (bicyclic) bond motifs is 10. The van der Waals surface area contributed by atoms with E-state index in [1.54, 1.807) is 12.2 Å². The smallest absolute Gasteiger partial charge is 0.164 e. The first-order chi connectivity index (χ1) is 24.2. The molecule has 0 spiro atoms. The summed E-state index contributed by atoms with van der Waals surface area (Å²) < 4.78 is 2.58. The van der Waals surface area contributed by atoms with Crippen molar-refractivity contribution in [2.75, 3.05) is 0 Å². The van der Waals surface area contributed by atoms with Crippen molar-refractivity contribution in [3.8, 4) is 34.0 Å². The summed E-state index contributed by atoms with van der Waals surface area (Å²) >= 11 is 1.86. The highest BCUT2D eigenvalue weighted by Gasteiger charge is 2.20. The molecule has 49 heavy (non-hydrogen) atoms. The van der Waals surface area contributed by atoms with E-state index in [2.05, 4.69) is 104 Å². The van der Waals surface area contributed by atoms with Gasteiger partial charge >= 0.3 is 0 Å². The molecule has 0 fully saturated rings. The van der Waals surface area contributed by atoms with Crippen LogP contribution in [0.5, 0.6) is 0 Å². The third-order valence-electron chi connectivity index (χ3n) is 9.02. The van der Waals surface area contributed by atoms with E-state index < -0.39 is 0 Å². The number of hydrogen-bond acceptors (Lipinski definition) is 5. The molecule has 9 rings (SSSR count). The van der Waals surface area contributed by atoms with Gasteiger partial charge in [-0.25, -0.2) is 19.9 Å². The van der Waals surface area contributed by atoms with Gasteiger partial charge < -0.3 is 0 Å². The van der Waals surface area contributed by atoms with E-state index >= 15 is 0 Å². The number of benzene rings is 6. The molecule has 0 saturated heterocycles. The molecule has 0 aliphatic rings. The van der Waals surface area contributed by atoms with Crippen LogP contribution >= 0.6 is 11.3 Å². The minimum absolute atomic E-state index is 0.539. The maximum absolute atomic E-state index is 5.54. The lowest BCUT2D eigenvalue weighted by molar-refractivity contribution is 1.04. The van der Waals surface area contributed by atoms with Crippen molar-refractivity contribution in [1.29, 1.82) is 0 Å². The van der Waals surface area contributed by atoms with Crippen LogP contribution in [0.1, 0.15) is 5.82 Å². The van der Waals surface area contributed by atoms with Crippen LogP contribution in [0.3, 0.4) is 0 Å². The van der Waals surface area contributed by atoms with Gasteiger partial charge in [0.1, 0.15) is 0 Å². The molecule has 0 aliphatic heterocycles. The zero-order chi connectivity index (χ0) is 32.9. The summed E-state index contributed by atoms with van der Waals surface area (Å²) in [5, 5.41) is 8.40. The quantitative estimate of drug-likeness (QED) is 0.133. The lowest BCUT2D eigenvalue weighted by Crippen LogP contribution is -2.02. The van der Waals surface area contributed by atoms with Crippen molar-refractivity contribution < 1.29 is 0 Å². The predicted molar refractivity (Wildman–Crippen MR) is 208 cm³/mol. The highest BCUT2D eigenvalue weighted by molar-refractivity contribution is 7.27. The fourth-order valence-corrected chi connectivity index (χ4v) is 8.07. The molecular weight excluding hydrogens is 617 g/mol. The van der Waals surface area contributed by atoms with Crippen LogP contribution in [0.4, 0.5) is 0 Å². The van der Waals surface area contributed by atoms with Crippen molar-refractivity contribution >= 4 is 69.5 Å². The Labute approximate surface area is 287 Å². The highest BCUT2D eigenvalue weighted by Crippen LogP contribution is 2.46. The van der Waals surface area contributed by atoms with E-state index in [1.807, 2.05) is 53.8 Å². The summed E-state index contributed by atoms with van der Waals surface area (Å²) in [6.07, 6.45) is 5.33. The van der Waals surface area contributed by atoms with Gasteiger partial charge in [-0.1, -0.05) is 147 Å². The molecule has 0 saturated carbocycles. The summed E-state index contributed by atoms with van der Waals surface area (Å²) in [5.41, 5.74) is 5.47. The maximum atomic E-state index is 5.54. The second kappa shape index (κ2) is 11.7. The second-order valence-corrected chi connectivity index (χ2v) is 12.9. The van der Waals surface area contributed by atoms with E-state index in [0.717, 1.165) is 44.2 Å². The molecule has 0 unspecified atom stereocenters. The molecule has 0 N–H and O–H groups in total. The lowest BCUT2D eigenvalue weighted by atomic mass is 9.94. The van der Waals surface area contributed by atoms with Crippen molar-refractivity contribution in [2.45, 2.75) is 0 Å². The minimum Gasteiger partial charge on any atom is -0.246 e. The largest absolute Gasteiger partial charge is 0.246 e. The van der Waals surface area contributed by atoms with Crippen LogP contribution in [0.25, 0.3) is 92.2 Å². The van der Waals surface area contributed by atoms with Crippen LogP contribution in [0.2, 0.25) is 0 Å². The molecule has 3 heterocycles. The summed E-state index contributed by atoms with van der Waals surface area (Å²) in [7, 11) is 0. The van der Waals surface area contributed by atoms with Gasteiger partial charge in [0.25, 0.3) is 0 Å². The standard InChI is InChI=1S/C44H28N4S/c1-3-15-27(4-2)42-46-43(28-16-6-5-7-17-28)48-44(47-42)30-19-14-18-29(26-30)39-32-21-9-8-20-31(32)37-38-35-24-12-13-25-36(35)49-41(38)34-23-11-10-22-33(34)40(37)45-39/h3-26H,1-2H2/b27-15+. The van der Waals surface area contributed by atoms with Crippen molar-refractivity contribution in [1.82, 2.24) is 19.9 Å². The summed E-state index contributed by atoms with van der Waals surface area (Å²) in [6, 6.07) is 44.4. The number of nitrogens with zero attached hydrogens (tertiary/aromatic N) is 4. The van der Waals surface area contributed by atoms with E-state index in [-0.39, 0.29) is 0 Å². The monoisotopic (exact) mass is 644 g/mol. The van der Waals surface area contributed by atoms with Crippen LogP contribution in [-0.2, 0) is 0 Å². The number of pyridine rings is 1. The molecule has 0 amide bonds. The number of rotatable bonds is 6. The molecule has 0 aliphatic carbocycles. The van der Waals surface area contributed by atoms with Crippen LogP contribution in [-0.4, -0.2) is 19.9 Å². The number of thiophene rings is 1. The Morgan fingerprint density at radius 1 is 0.531 bits per heavy atom. The first-order valence-electron chi connectivity index (χ1n) is 16.1. The van der Waals surface area contributed by atoms with Crippen molar-refractivity contribution in [3.63, 3.8) is 0 Å². The first kappa shape index (κ1) is 28.9. The zero-order valence-corrected chi connectivity index (χ0v) is 27.3. The van der Waals surface area contributed by atoms with Gasteiger partial charge in [-0.15, -0.1) is 11.3 Å². The molecule has 230 valence electrons. The van der Waals surface area contributed by atoms with E-state index in [1.165, 1.54) is 36.3 Å². The Morgan fingerprint density at radius 3 is 1.94 bits per heavy atom.